The van der Waals surface area contributed by atoms with Gasteiger partial charge in [0.05, 0.1) is 24.4 Å². The Hall–Kier alpha value is -2.54. The third-order valence-electron chi connectivity index (χ3n) is 3.35. The van der Waals surface area contributed by atoms with Crippen LogP contribution >= 0.6 is 0 Å². The maximum absolute atomic E-state index is 13.9. The van der Waals surface area contributed by atoms with Crippen molar-refractivity contribution < 1.29 is 9.13 Å². The van der Waals surface area contributed by atoms with E-state index in [-0.39, 0.29) is 5.82 Å². The van der Waals surface area contributed by atoms with Crippen molar-refractivity contribution in [1.82, 2.24) is 0 Å². The van der Waals surface area contributed by atoms with Crippen molar-refractivity contribution in [2.24, 2.45) is 0 Å². The lowest BCUT2D eigenvalue weighted by Crippen LogP contribution is -2.23. The Morgan fingerprint density at radius 3 is 2.62 bits per heavy atom. The van der Waals surface area contributed by atoms with Gasteiger partial charge in [0.25, 0.3) is 0 Å². The van der Waals surface area contributed by atoms with Crippen molar-refractivity contribution in [2.45, 2.75) is 13.5 Å². The second-order valence-electron chi connectivity index (χ2n) is 4.60. The van der Waals surface area contributed by atoms with Crippen LogP contribution in [-0.2, 0) is 6.54 Å². The Morgan fingerprint density at radius 1 is 1.24 bits per heavy atom. The summed E-state index contributed by atoms with van der Waals surface area (Å²) in [7, 11) is 1.59. The summed E-state index contributed by atoms with van der Waals surface area (Å²) in [5.41, 5.74) is 1.97. The molecule has 0 amide bonds. The summed E-state index contributed by atoms with van der Waals surface area (Å²) in [5, 5.41) is 9.01. The molecule has 0 spiro atoms. The zero-order valence-corrected chi connectivity index (χ0v) is 12.1. The van der Waals surface area contributed by atoms with Crippen LogP contribution in [0.3, 0.4) is 0 Å². The second kappa shape index (κ2) is 6.76. The van der Waals surface area contributed by atoms with E-state index in [0.717, 1.165) is 5.56 Å². The topological polar surface area (TPSA) is 36.3 Å². The van der Waals surface area contributed by atoms with E-state index in [4.69, 9.17) is 10.00 Å². The number of hydrogen-bond donors (Lipinski definition) is 0. The van der Waals surface area contributed by atoms with Crippen LogP contribution in [0.2, 0.25) is 0 Å². The zero-order chi connectivity index (χ0) is 15.2. The molecule has 0 fully saturated rings. The van der Waals surface area contributed by atoms with Gasteiger partial charge in [-0.1, -0.05) is 12.1 Å². The number of nitriles is 1. The highest BCUT2D eigenvalue weighted by Gasteiger charge is 2.13. The van der Waals surface area contributed by atoms with E-state index in [1.807, 2.05) is 17.9 Å². The molecule has 0 saturated carbocycles. The predicted molar refractivity (Wildman–Crippen MR) is 80.8 cm³/mol. The van der Waals surface area contributed by atoms with E-state index in [1.165, 1.54) is 6.07 Å². The normalized spacial score (nSPS) is 10.0. The van der Waals surface area contributed by atoms with Gasteiger partial charge in [-0.05, 0) is 37.3 Å². The van der Waals surface area contributed by atoms with Crippen LogP contribution in [0.25, 0.3) is 0 Å². The highest BCUT2D eigenvalue weighted by Crippen LogP contribution is 2.25. The van der Waals surface area contributed by atoms with Gasteiger partial charge in [-0.3, -0.25) is 0 Å². The molecule has 0 aliphatic rings. The molecule has 0 N–H and O–H groups in total. The van der Waals surface area contributed by atoms with Crippen molar-refractivity contribution >= 4 is 5.69 Å². The number of benzene rings is 2. The molecule has 0 bridgehead atoms. The number of ether oxygens (including phenoxy) is 1. The summed E-state index contributed by atoms with van der Waals surface area (Å²) in [6.45, 7) is 3.10. The second-order valence-corrected chi connectivity index (χ2v) is 4.60. The van der Waals surface area contributed by atoms with Crippen molar-refractivity contribution in [3.8, 4) is 11.8 Å². The molecule has 0 aliphatic carbocycles. The van der Waals surface area contributed by atoms with E-state index >= 15 is 0 Å². The first-order valence-corrected chi connectivity index (χ1v) is 6.76. The SMILES string of the molecule is CCN(Cc1cc(C#N)ccc1OC)c1ccccc1F. The van der Waals surface area contributed by atoms with Gasteiger partial charge in [0.2, 0.25) is 0 Å². The smallest absolute Gasteiger partial charge is 0.146 e. The summed E-state index contributed by atoms with van der Waals surface area (Å²) < 4.78 is 19.3. The van der Waals surface area contributed by atoms with Crippen LogP contribution in [0.15, 0.2) is 42.5 Å². The van der Waals surface area contributed by atoms with Crippen LogP contribution < -0.4 is 9.64 Å². The fourth-order valence-corrected chi connectivity index (χ4v) is 2.25. The first-order valence-electron chi connectivity index (χ1n) is 6.76. The minimum Gasteiger partial charge on any atom is -0.496 e. The van der Waals surface area contributed by atoms with E-state index in [2.05, 4.69) is 6.07 Å². The number of methoxy groups -OCH3 is 1. The molecule has 0 aliphatic heterocycles. The first kappa shape index (κ1) is 14.9. The molecular weight excluding hydrogens is 267 g/mol. The van der Waals surface area contributed by atoms with Gasteiger partial charge in [-0.2, -0.15) is 5.26 Å². The minimum atomic E-state index is -0.255. The molecule has 21 heavy (non-hydrogen) atoms. The molecule has 2 rings (SSSR count). The van der Waals surface area contributed by atoms with Gasteiger partial charge < -0.3 is 9.64 Å². The molecule has 0 atom stereocenters. The number of para-hydroxylation sites is 1. The molecule has 3 nitrogen and oxygen atoms in total. The van der Waals surface area contributed by atoms with E-state index in [9.17, 15) is 4.39 Å². The van der Waals surface area contributed by atoms with Crippen LogP contribution in [0.1, 0.15) is 18.1 Å². The molecule has 0 saturated heterocycles. The van der Waals surface area contributed by atoms with Gasteiger partial charge in [0.1, 0.15) is 11.6 Å². The lowest BCUT2D eigenvalue weighted by molar-refractivity contribution is 0.409. The molecule has 4 heteroatoms. The number of rotatable bonds is 5. The van der Waals surface area contributed by atoms with E-state index < -0.39 is 0 Å². The molecule has 108 valence electrons. The van der Waals surface area contributed by atoms with E-state index in [0.29, 0.717) is 30.1 Å². The fraction of sp³-hybridized carbons (Fsp3) is 0.235. The highest BCUT2D eigenvalue weighted by atomic mass is 19.1. The summed E-state index contributed by atoms with van der Waals surface area (Å²) in [6.07, 6.45) is 0. The molecule has 0 aromatic heterocycles. The summed E-state index contributed by atoms with van der Waals surface area (Å²) >= 11 is 0. The van der Waals surface area contributed by atoms with Gasteiger partial charge in [-0.15, -0.1) is 0 Å². The summed E-state index contributed by atoms with van der Waals surface area (Å²) in [5.74, 6) is 0.443. The number of halogens is 1. The molecule has 0 heterocycles. The van der Waals surface area contributed by atoms with Gasteiger partial charge in [0.15, 0.2) is 0 Å². The van der Waals surface area contributed by atoms with Crippen LogP contribution in [0, 0.1) is 17.1 Å². The Morgan fingerprint density at radius 2 is 2.00 bits per heavy atom. The quantitative estimate of drug-likeness (QED) is 0.839. The zero-order valence-electron chi connectivity index (χ0n) is 12.1. The minimum absolute atomic E-state index is 0.255. The fourth-order valence-electron chi connectivity index (χ4n) is 2.25. The largest absolute Gasteiger partial charge is 0.496 e. The Labute approximate surface area is 124 Å². The molecular formula is C17H17FN2O. The maximum atomic E-state index is 13.9. The lowest BCUT2D eigenvalue weighted by atomic mass is 10.1. The molecule has 0 unspecified atom stereocenters. The van der Waals surface area contributed by atoms with Crippen LogP contribution in [0.4, 0.5) is 10.1 Å². The molecule has 2 aromatic rings. The molecule has 2 aromatic carbocycles. The standard InChI is InChI=1S/C17H17FN2O/c1-3-20(16-7-5-4-6-15(16)18)12-14-10-13(11-19)8-9-17(14)21-2/h4-10H,3,12H2,1-2H3. The number of anilines is 1. The van der Waals surface area contributed by atoms with Crippen molar-refractivity contribution in [3.63, 3.8) is 0 Å². The van der Waals surface area contributed by atoms with Gasteiger partial charge in [-0.25, -0.2) is 4.39 Å². The third kappa shape index (κ3) is 3.32. The number of hydrogen-bond acceptors (Lipinski definition) is 3. The average Bonchev–Trinajstić information content (AvgIpc) is 2.53. The van der Waals surface area contributed by atoms with Gasteiger partial charge >= 0.3 is 0 Å². The number of nitrogens with zero attached hydrogens (tertiary/aromatic N) is 2. The van der Waals surface area contributed by atoms with Crippen molar-refractivity contribution in [3.05, 3.63) is 59.4 Å². The Bertz CT molecular complexity index is 664. The Balaban J connectivity index is 2.35. The van der Waals surface area contributed by atoms with Crippen LogP contribution in [-0.4, -0.2) is 13.7 Å². The van der Waals surface area contributed by atoms with Crippen LogP contribution in [0.5, 0.6) is 5.75 Å². The monoisotopic (exact) mass is 284 g/mol. The average molecular weight is 284 g/mol. The van der Waals surface area contributed by atoms with E-state index in [1.54, 1.807) is 37.4 Å². The van der Waals surface area contributed by atoms with Gasteiger partial charge in [0, 0.05) is 18.7 Å². The third-order valence-corrected chi connectivity index (χ3v) is 3.35. The highest BCUT2D eigenvalue weighted by molar-refractivity contribution is 5.50. The predicted octanol–water partition coefficient (Wildman–Crippen LogP) is 3.73. The lowest BCUT2D eigenvalue weighted by Gasteiger charge is -2.24. The van der Waals surface area contributed by atoms with Crippen molar-refractivity contribution in [1.29, 1.82) is 5.26 Å². The Kier molecular flexibility index (Phi) is 4.78. The first-order chi connectivity index (χ1) is 10.2. The summed E-state index contributed by atoms with van der Waals surface area (Å²) in [6, 6.07) is 14.0. The maximum Gasteiger partial charge on any atom is 0.146 e. The molecule has 0 radical (unpaired) electrons. The summed E-state index contributed by atoms with van der Waals surface area (Å²) in [4.78, 5) is 1.91. The van der Waals surface area contributed by atoms with Crippen molar-refractivity contribution in [2.75, 3.05) is 18.6 Å².